The summed E-state index contributed by atoms with van der Waals surface area (Å²) in [5, 5.41) is 2.87. The van der Waals surface area contributed by atoms with Crippen molar-refractivity contribution in [3.63, 3.8) is 0 Å². The van der Waals surface area contributed by atoms with Crippen LogP contribution in [-0.4, -0.2) is 29.9 Å². The van der Waals surface area contributed by atoms with Crippen LogP contribution >= 0.6 is 0 Å². The molecule has 4 saturated carbocycles. The highest BCUT2D eigenvalue weighted by Gasteiger charge is 2.61. The second-order valence-electron chi connectivity index (χ2n) is 12.2. The van der Waals surface area contributed by atoms with Crippen LogP contribution in [0.5, 0.6) is 0 Å². The Labute approximate surface area is 212 Å². The molecule has 4 aliphatic carbocycles. The zero-order chi connectivity index (χ0) is 25.3. The van der Waals surface area contributed by atoms with Gasteiger partial charge < -0.3 is 10.1 Å². The number of hydrogen-bond acceptors (Lipinski definition) is 4. The third kappa shape index (κ3) is 3.48. The normalized spacial score (nSPS) is 31.5. The molecule has 5 aliphatic rings. The van der Waals surface area contributed by atoms with Crippen LogP contribution < -0.4 is 10.2 Å². The van der Waals surface area contributed by atoms with Gasteiger partial charge in [-0.05, 0) is 94.2 Å². The second kappa shape index (κ2) is 7.92. The Morgan fingerprint density at radius 2 is 1.67 bits per heavy atom. The van der Waals surface area contributed by atoms with Gasteiger partial charge in [-0.15, -0.1) is 0 Å². The number of carbonyl (C=O) groups is 3. The number of ether oxygens (including phenoxy) is 1. The van der Waals surface area contributed by atoms with E-state index in [0.717, 1.165) is 32.1 Å². The number of fused-ring (bicyclic) bond motifs is 1. The summed E-state index contributed by atoms with van der Waals surface area (Å²) in [5.74, 6) is 0.157. The first kappa shape index (κ1) is 23.3. The fourth-order valence-electron chi connectivity index (χ4n) is 7.99. The number of hydrogen-bond donors (Lipinski definition) is 1. The van der Waals surface area contributed by atoms with E-state index in [-0.39, 0.29) is 29.8 Å². The van der Waals surface area contributed by atoms with Gasteiger partial charge in [0.05, 0.1) is 16.8 Å². The minimum atomic E-state index is -1.09. The minimum Gasteiger partial charge on any atom is -0.455 e. The Morgan fingerprint density at radius 1 is 1.00 bits per heavy atom. The van der Waals surface area contributed by atoms with Crippen molar-refractivity contribution in [1.82, 2.24) is 0 Å². The summed E-state index contributed by atoms with van der Waals surface area (Å²) in [4.78, 5) is 41.4. The maximum atomic E-state index is 13.7. The molecule has 0 radical (unpaired) electrons. The van der Waals surface area contributed by atoms with Gasteiger partial charge >= 0.3 is 5.97 Å². The van der Waals surface area contributed by atoms with E-state index in [2.05, 4.69) is 36.5 Å². The Bertz CT molecular complexity index is 1230. The molecule has 4 fully saturated rings. The van der Waals surface area contributed by atoms with Gasteiger partial charge in [-0.2, -0.15) is 0 Å². The highest BCUT2D eigenvalue weighted by molar-refractivity contribution is 6.14. The van der Waals surface area contributed by atoms with Gasteiger partial charge in [0, 0.05) is 0 Å². The van der Waals surface area contributed by atoms with E-state index >= 15 is 0 Å². The van der Waals surface area contributed by atoms with Crippen LogP contribution in [-0.2, 0) is 24.5 Å². The standard InChI is InChI=1S/C30H34N2O4/c1-19-8-10-22(11-9-19)29-13-20-12-21(14-29)16-30(15-20,18-29)27(35)36-17-25(33)32-24-7-5-4-6-23(24)31-26(34)28(32,2)3/h4-11,20-21H,12-18H2,1-3H3,(H,31,34)/t20-,21+,29?,30?. The third-order valence-electron chi connectivity index (χ3n) is 9.24. The molecule has 6 heteroatoms. The molecule has 0 spiro atoms. The molecule has 6 nitrogen and oxygen atoms in total. The van der Waals surface area contributed by atoms with Crippen molar-refractivity contribution in [3.05, 3.63) is 59.7 Å². The molecule has 2 amide bonds. The molecule has 2 aromatic rings. The third-order valence-corrected chi connectivity index (χ3v) is 9.24. The van der Waals surface area contributed by atoms with Gasteiger partial charge in [-0.1, -0.05) is 42.0 Å². The van der Waals surface area contributed by atoms with Crippen molar-refractivity contribution < 1.29 is 19.1 Å². The van der Waals surface area contributed by atoms with Crippen LogP contribution in [0.4, 0.5) is 11.4 Å². The Balaban J connectivity index is 1.23. The lowest BCUT2D eigenvalue weighted by atomic mass is 9.43. The molecule has 0 saturated heterocycles. The number of amides is 2. The summed E-state index contributed by atoms with van der Waals surface area (Å²) in [6.45, 7) is 5.16. The van der Waals surface area contributed by atoms with Crippen molar-refractivity contribution >= 4 is 29.2 Å². The number of aryl methyl sites for hydroxylation is 1. The van der Waals surface area contributed by atoms with Gasteiger partial charge in [-0.3, -0.25) is 19.3 Å². The molecule has 36 heavy (non-hydrogen) atoms. The number of carbonyl (C=O) groups excluding carboxylic acids is 3. The predicted octanol–water partition coefficient (Wildman–Crippen LogP) is 5.14. The van der Waals surface area contributed by atoms with Crippen LogP contribution in [0.25, 0.3) is 0 Å². The SMILES string of the molecule is Cc1ccc(C23C[C@@H]4C[C@@H](CC(C(=O)OCC(=O)N5c6ccccc6NC(=O)C5(C)C)(C4)C2)C3)cc1. The number of esters is 1. The molecular weight excluding hydrogens is 452 g/mol. The molecular formula is C30H34N2O4. The maximum Gasteiger partial charge on any atom is 0.312 e. The van der Waals surface area contributed by atoms with Crippen LogP contribution in [0.1, 0.15) is 63.5 Å². The predicted molar refractivity (Wildman–Crippen MR) is 138 cm³/mol. The quantitative estimate of drug-likeness (QED) is 0.607. The fourth-order valence-corrected chi connectivity index (χ4v) is 7.99. The molecule has 4 bridgehead atoms. The van der Waals surface area contributed by atoms with Gasteiger partial charge in [0.25, 0.3) is 5.91 Å². The topological polar surface area (TPSA) is 75.7 Å². The molecule has 188 valence electrons. The number of rotatable bonds is 4. The summed E-state index contributed by atoms with van der Waals surface area (Å²) in [7, 11) is 0. The smallest absolute Gasteiger partial charge is 0.312 e. The number of nitrogens with zero attached hydrogens (tertiary/aromatic N) is 1. The first-order valence-corrected chi connectivity index (χ1v) is 13.1. The van der Waals surface area contributed by atoms with E-state index in [1.54, 1.807) is 26.0 Å². The van der Waals surface area contributed by atoms with E-state index in [0.29, 0.717) is 23.2 Å². The average Bonchev–Trinajstić information content (AvgIpc) is 2.82. The van der Waals surface area contributed by atoms with E-state index in [1.807, 2.05) is 12.1 Å². The molecule has 1 N–H and O–H groups in total. The van der Waals surface area contributed by atoms with Crippen molar-refractivity contribution in [2.45, 2.75) is 70.3 Å². The highest BCUT2D eigenvalue weighted by atomic mass is 16.5. The Kier molecular flexibility index (Phi) is 5.12. The zero-order valence-electron chi connectivity index (χ0n) is 21.3. The van der Waals surface area contributed by atoms with Gasteiger partial charge in [0.1, 0.15) is 5.54 Å². The molecule has 1 heterocycles. The molecule has 7 rings (SSSR count). The van der Waals surface area contributed by atoms with E-state index in [4.69, 9.17) is 4.74 Å². The fraction of sp³-hybridized carbons (Fsp3) is 0.500. The Morgan fingerprint density at radius 3 is 2.36 bits per heavy atom. The number of anilines is 2. The average molecular weight is 487 g/mol. The van der Waals surface area contributed by atoms with E-state index in [9.17, 15) is 14.4 Å². The summed E-state index contributed by atoms with van der Waals surface area (Å²) < 4.78 is 5.82. The molecule has 4 atom stereocenters. The van der Waals surface area contributed by atoms with Crippen LogP contribution in [0, 0.1) is 24.2 Å². The van der Waals surface area contributed by atoms with Crippen LogP contribution in [0.3, 0.4) is 0 Å². The van der Waals surface area contributed by atoms with Gasteiger partial charge in [0.15, 0.2) is 6.61 Å². The minimum absolute atomic E-state index is 0.0205. The van der Waals surface area contributed by atoms with Crippen molar-refractivity contribution in [2.75, 3.05) is 16.8 Å². The van der Waals surface area contributed by atoms with Gasteiger partial charge in [-0.25, -0.2) is 0 Å². The van der Waals surface area contributed by atoms with Crippen molar-refractivity contribution in [2.24, 2.45) is 17.3 Å². The summed E-state index contributed by atoms with van der Waals surface area (Å²) in [6.07, 6.45) is 5.96. The number of benzene rings is 2. The lowest BCUT2D eigenvalue weighted by Gasteiger charge is -2.61. The number of nitrogens with one attached hydrogen (secondary N) is 1. The summed E-state index contributed by atoms with van der Waals surface area (Å²) >= 11 is 0. The second-order valence-corrected chi connectivity index (χ2v) is 12.2. The summed E-state index contributed by atoms with van der Waals surface area (Å²) in [6, 6.07) is 16.1. The highest BCUT2D eigenvalue weighted by Crippen LogP contribution is 2.66. The zero-order valence-corrected chi connectivity index (χ0v) is 21.3. The van der Waals surface area contributed by atoms with Crippen LogP contribution in [0.2, 0.25) is 0 Å². The molecule has 1 aliphatic heterocycles. The van der Waals surface area contributed by atoms with E-state index < -0.39 is 11.0 Å². The largest absolute Gasteiger partial charge is 0.455 e. The van der Waals surface area contributed by atoms with Gasteiger partial charge in [0.2, 0.25) is 5.91 Å². The maximum absolute atomic E-state index is 13.7. The van der Waals surface area contributed by atoms with E-state index in [1.165, 1.54) is 22.4 Å². The lowest BCUT2D eigenvalue weighted by molar-refractivity contribution is -0.175. The number of para-hydroxylation sites is 2. The lowest BCUT2D eigenvalue weighted by Crippen LogP contribution is -2.60. The molecule has 2 unspecified atom stereocenters. The van der Waals surface area contributed by atoms with Crippen LogP contribution in [0.15, 0.2) is 48.5 Å². The molecule has 0 aromatic heterocycles. The van der Waals surface area contributed by atoms with Crippen molar-refractivity contribution in [3.8, 4) is 0 Å². The molecule has 2 aromatic carbocycles. The van der Waals surface area contributed by atoms with Crippen molar-refractivity contribution in [1.29, 1.82) is 0 Å². The first-order valence-electron chi connectivity index (χ1n) is 13.1. The Hall–Kier alpha value is -3.15. The first-order chi connectivity index (χ1) is 17.1. The monoisotopic (exact) mass is 486 g/mol. The summed E-state index contributed by atoms with van der Waals surface area (Å²) in [5.41, 5.74) is 2.20.